The minimum atomic E-state index is -3.53. The Hall–Kier alpha value is -1.38. The van der Waals surface area contributed by atoms with Crippen molar-refractivity contribution < 1.29 is 18.3 Å². The van der Waals surface area contributed by atoms with Gasteiger partial charge in [-0.05, 0) is 18.9 Å². The van der Waals surface area contributed by atoms with E-state index in [2.05, 4.69) is 5.32 Å². The third-order valence-electron chi connectivity index (χ3n) is 3.56. The van der Waals surface area contributed by atoms with E-state index in [0.717, 1.165) is 19.3 Å². The number of hydrogen-bond acceptors (Lipinski definition) is 4. The zero-order valence-corrected chi connectivity index (χ0v) is 12.9. The van der Waals surface area contributed by atoms with E-state index in [1.54, 1.807) is 7.05 Å². The van der Waals surface area contributed by atoms with Crippen molar-refractivity contribution in [2.75, 3.05) is 26.2 Å². The van der Waals surface area contributed by atoms with Crippen LogP contribution in [0.5, 0.6) is 0 Å². The summed E-state index contributed by atoms with van der Waals surface area (Å²) in [6, 6.07) is 1.39. The van der Waals surface area contributed by atoms with Crippen LogP contribution in [0.1, 0.15) is 29.8 Å². The van der Waals surface area contributed by atoms with Crippen LogP contribution in [0.15, 0.2) is 17.2 Å². The van der Waals surface area contributed by atoms with Gasteiger partial charge in [0.2, 0.25) is 10.0 Å². The van der Waals surface area contributed by atoms with Gasteiger partial charge in [-0.1, -0.05) is 6.42 Å². The Morgan fingerprint density at radius 1 is 1.33 bits per heavy atom. The molecule has 0 unspecified atom stereocenters. The Morgan fingerprint density at radius 3 is 2.62 bits per heavy atom. The van der Waals surface area contributed by atoms with Crippen molar-refractivity contribution in [3.8, 4) is 0 Å². The molecule has 21 heavy (non-hydrogen) atoms. The fraction of sp³-hybridized carbons (Fsp3) is 0.615. The molecule has 1 saturated heterocycles. The average Bonchev–Trinajstić information content (AvgIpc) is 2.88. The Bertz CT molecular complexity index is 603. The van der Waals surface area contributed by atoms with Crippen molar-refractivity contribution in [1.82, 2.24) is 14.2 Å². The second-order valence-electron chi connectivity index (χ2n) is 5.12. The number of carbonyl (C=O) groups excluding carboxylic acids is 1. The van der Waals surface area contributed by atoms with Crippen molar-refractivity contribution >= 4 is 15.9 Å². The van der Waals surface area contributed by atoms with E-state index in [4.69, 9.17) is 5.11 Å². The fourth-order valence-electron chi connectivity index (χ4n) is 2.42. The summed E-state index contributed by atoms with van der Waals surface area (Å²) in [4.78, 5) is 12.0. The Morgan fingerprint density at radius 2 is 2.00 bits per heavy atom. The lowest BCUT2D eigenvalue weighted by Crippen LogP contribution is -2.35. The zero-order valence-electron chi connectivity index (χ0n) is 12.1. The SMILES string of the molecule is Cn1cc(S(=O)(=O)N2CCCCC2)cc1C(=O)NCCO. The van der Waals surface area contributed by atoms with Gasteiger partial charge in [-0.25, -0.2) is 8.42 Å². The smallest absolute Gasteiger partial charge is 0.268 e. The van der Waals surface area contributed by atoms with Gasteiger partial charge in [0.1, 0.15) is 10.6 Å². The molecular formula is C13H21N3O4S. The first-order chi connectivity index (χ1) is 9.96. The number of aliphatic hydroxyl groups excluding tert-OH is 1. The van der Waals surface area contributed by atoms with Crippen LogP contribution in [-0.4, -0.2) is 54.5 Å². The van der Waals surface area contributed by atoms with Crippen LogP contribution in [0.3, 0.4) is 0 Å². The lowest BCUT2D eigenvalue weighted by molar-refractivity contribution is 0.0936. The highest BCUT2D eigenvalue weighted by molar-refractivity contribution is 7.89. The van der Waals surface area contributed by atoms with Gasteiger partial charge in [0.05, 0.1) is 6.61 Å². The molecule has 1 amide bonds. The standard InChI is InChI=1S/C13H21N3O4S/c1-15-10-11(9-12(15)13(18)14-5-8-17)21(19,20)16-6-3-2-4-7-16/h9-10,17H,2-8H2,1H3,(H,14,18). The summed E-state index contributed by atoms with van der Waals surface area (Å²) in [5.41, 5.74) is 0.263. The van der Waals surface area contributed by atoms with Crippen LogP contribution in [-0.2, 0) is 17.1 Å². The molecule has 2 rings (SSSR count). The van der Waals surface area contributed by atoms with Gasteiger partial charge in [0.15, 0.2) is 0 Å². The first-order valence-electron chi connectivity index (χ1n) is 7.02. The molecule has 1 aromatic rings. The highest BCUT2D eigenvalue weighted by Gasteiger charge is 2.28. The van der Waals surface area contributed by atoms with E-state index in [1.165, 1.54) is 21.1 Å². The van der Waals surface area contributed by atoms with E-state index in [0.29, 0.717) is 13.1 Å². The maximum atomic E-state index is 12.5. The van der Waals surface area contributed by atoms with Gasteiger partial charge in [-0.3, -0.25) is 4.79 Å². The van der Waals surface area contributed by atoms with Crippen molar-refractivity contribution in [2.45, 2.75) is 24.2 Å². The lowest BCUT2D eigenvalue weighted by Gasteiger charge is -2.25. The Kier molecular flexibility index (Phi) is 5.02. The molecule has 0 saturated carbocycles. The number of carbonyl (C=O) groups is 1. The van der Waals surface area contributed by atoms with Crippen LogP contribution in [0.2, 0.25) is 0 Å². The normalized spacial score (nSPS) is 16.9. The van der Waals surface area contributed by atoms with Crippen molar-refractivity contribution in [3.63, 3.8) is 0 Å². The van der Waals surface area contributed by atoms with Crippen LogP contribution in [0, 0.1) is 0 Å². The van der Waals surface area contributed by atoms with Crippen molar-refractivity contribution in [2.24, 2.45) is 7.05 Å². The number of nitrogens with zero attached hydrogens (tertiary/aromatic N) is 2. The number of nitrogens with one attached hydrogen (secondary N) is 1. The minimum absolute atomic E-state index is 0.137. The summed E-state index contributed by atoms with van der Waals surface area (Å²) < 4.78 is 28.0. The second kappa shape index (κ2) is 6.59. The molecule has 0 aromatic carbocycles. The molecule has 0 radical (unpaired) electrons. The summed E-state index contributed by atoms with van der Waals surface area (Å²) in [5.74, 6) is -0.397. The summed E-state index contributed by atoms with van der Waals surface area (Å²) in [6.45, 7) is 1.04. The summed E-state index contributed by atoms with van der Waals surface area (Å²) >= 11 is 0. The first kappa shape index (κ1) is 16.0. The molecule has 0 atom stereocenters. The van der Waals surface area contributed by atoms with E-state index in [1.807, 2.05) is 0 Å². The van der Waals surface area contributed by atoms with Crippen molar-refractivity contribution in [3.05, 3.63) is 18.0 Å². The molecule has 0 spiro atoms. The number of sulfonamides is 1. The summed E-state index contributed by atoms with van der Waals surface area (Å²) in [6.07, 6.45) is 4.25. The molecule has 0 aliphatic carbocycles. The third kappa shape index (κ3) is 3.45. The highest BCUT2D eigenvalue weighted by atomic mass is 32.2. The molecule has 1 aliphatic rings. The van der Waals surface area contributed by atoms with Gasteiger partial charge < -0.3 is 15.0 Å². The number of hydrogen-bond donors (Lipinski definition) is 2. The largest absolute Gasteiger partial charge is 0.395 e. The van der Waals surface area contributed by atoms with Crippen LogP contribution >= 0.6 is 0 Å². The predicted octanol–water partition coefficient (Wildman–Crippen LogP) is -0.0782. The monoisotopic (exact) mass is 315 g/mol. The minimum Gasteiger partial charge on any atom is -0.395 e. The molecule has 1 aromatic heterocycles. The first-order valence-corrected chi connectivity index (χ1v) is 8.46. The molecule has 1 aliphatic heterocycles. The highest BCUT2D eigenvalue weighted by Crippen LogP contribution is 2.22. The molecular weight excluding hydrogens is 294 g/mol. The molecule has 8 heteroatoms. The quantitative estimate of drug-likeness (QED) is 0.795. The molecule has 0 bridgehead atoms. The molecule has 2 N–H and O–H groups in total. The van der Waals surface area contributed by atoms with Gasteiger partial charge in [0.25, 0.3) is 5.91 Å². The zero-order chi connectivity index (χ0) is 15.5. The Balaban J connectivity index is 2.22. The van der Waals surface area contributed by atoms with Crippen LogP contribution in [0.4, 0.5) is 0 Å². The maximum absolute atomic E-state index is 12.5. The number of aryl methyl sites for hydroxylation is 1. The number of aromatic nitrogens is 1. The van der Waals surface area contributed by atoms with E-state index >= 15 is 0 Å². The van der Waals surface area contributed by atoms with Gasteiger partial charge in [0, 0.05) is 32.9 Å². The number of piperidine rings is 1. The second-order valence-corrected chi connectivity index (χ2v) is 7.05. The molecule has 2 heterocycles. The Labute approximate surface area is 124 Å². The van der Waals surface area contributed by atoms with Crippen LogP contribution < -0.4 is 5.32 Å². The third-order valence-corrected chi connectivity index (χ3v) is 5.43. The molecule has 1 fully saturated rings. The van der Waals surface area contributed by atoms with Crippen molar-refractivity contribution in [1.29, 1.82) is 0 Å². The topological polar surface area (TPSA) is 91.6 Å². The average molecular weight is 315 g/mol. The van der Waals surface area contributed by atoms with E-state index in [9.17, 15) is 13.2 Å². The maximum Gasteiger partial charge on any atom is 0.268 e. The van der Waals surface area contributed by atoms with E-state index < -0.39 is 15.9 Å². The fourth-order valence-corrected chi connectivity index (χ4v) is 4.00. The number of rotatable bonds is 5. The van der Waals surface area contributed by atoms with E-state index in [-0.39, 0.29) is 23.7 Å². The van der Waals surface area contributed by atoms with Gasteiger partial charge in [-0.15, -0.1) is 0 Å². The summed E-state index contributed by atoms with van der Waals surface area (Å²) in [7, 11) is -1.91. The van der Waals surface area contributed by atoms with Gasteiger partial charge in [-0.2, -0.15) is 4.31 Å². The lowest BCUT2D eigenvalue weighted by atomic mass is 10.2. The molecule has 7 nitrogen and oxygen atoms in total. The predicted molar refractivity (Wildman–Crippen MR) is 77.4 cm³/mol. The van der Waals surface area contributed by atoms with Gasteiger partial charge >= 0.3 is 0 Å². The summed E-state index contributed by atoms with van der Waals surface area (Å²) in [5, 5.41) is 11.2. The van der Waals surface area contributed by atoms with Crippen LogP contribution in [0.25, 0.3) is 0 Å². The number of aliphatic hydroxyl groups is 1. The number of amides is 1. The molecule has 118 valence electrons.